The second-order valence-corrected chi connectivity index (χ2v) is 3.63. The van der Waals surface area contributed by atoms with E-state index in [1.54, 1.807) is 31.4 Å². The average molecular weight is 220 g/mol. The molecule has 0 bridgehead atoms. The number of carbonyl (C=O) groups excluding carboxylic acids is 1. The van der Waals surface area contributed by atoms with E-state index in [0.29, 0.717) is 17.1 Å². The summed E-state index contributed by atoms with van der Waals surface area (Å²) in [5.41, 5.74) is 1.47. The molecular formula is C13H16O3. The third-order valence-electron chi connectivity index (χ3n) is 2.09. The lowest BCUT2D eigenvalue weighted by Crippen LogP contribution is -2.01. The topological polar surface area (TPSA) is 35.5 Å². The lowest BCUT2D eigenvalue weighted by atomic mass is 10.1. The highest BCUT2D eigenvalue weighted by atomic mass is 16.5. The van der Waals surface area contributed by atoms with Gasteiger partial charge in [0.1, 0.15) is 0 Å². The van der Waals surface area contributed by atoms with Gasteiger partial charge >= 0.3 is 0 Å². The number of carbonyl (C=O) groups is 1. The maximum atomic E-state index is 11.9. The molecule has 0 heterocycles. The van der Waals surface area contributed by atoms with Crippen molar-refractivity contribution in [3.05, 3.63) is 35.4 Å². The second-order valence-electron chi connectivity index (χ2n) is 3.63. The number of hydrogen-bond acceptors (Lipinski definition) is 3. The molecule has 3 nitrogen and oxygen atoms in total. The fourth-order valence-corrected chi connectivity index (χ4v) is 1.42. The first-order valence-electron chi connectivity index (χ1n) is 5.00. The second kappa shape index (κ2) is 5.35. The van der Waals surface area contributed by atoms with Crippen LogP contribution in [0.1, 0.15) is 24.2 Å². The van der Waals surface area contributed by atoms with Gasteiger partial charge < -0.3 is 9.47 Å². The maximum Gasteiger partial charge on any atom is 0.189 e. The largest absolute Gasteiger partial charge is 0.493 e. The summed E-state index contributed by atoms with van der Waals surface area (Å²) in [6, 6.07) is 5.26. The van der Waals surface area contributed by atoms with Crippen LogP contribution in [-0.2, 0) is 0 Å². The van der Waals surface area contributed by atoms with E-state index in [2.05, 4.69) is 0 Å². The molecule has 1 aromatic rings. The minimum absolute atomic E-state index is 0.0734. The molecule has 0 fully saturated rings. The molecule has 0 aliphatic carbocycles. The molecule has 0 N–H and O–H groups in total. The van der Waals surface area contributed by atoms with Gasteiger partial charge in [-0.05, 0) is 32.1 Å². The third-order valence-corrected chi connectivity index (χ3v) is 2.09. The molecule has 0 radical (unpaired) electrons. The van der Waals surface area contributed by atoms with Crippen LogP contribution in [0.2, 0.25) is 0 Å². The molecule has 1 rings (SSSR count). The van der Waals surface area contributed by atoms with Crippen molar-refractivity contribution in [3.8, 4) is 11.5 Å². The molecule has 0 aromatic heterocycles. The fourth-order valence-electron chi connectivity index (χ4n) is 1.42. The van der Waals surface area contributed by atoms with Gasteiger partial charge in [0.2, 0.25) is 0 Å². The van der Waals surface area contributed by atoms with Crippen LogP contribution in [0.3, 0.4) is 0 Å². The van der Waals surface area contributed by atoms with E-state index in [-0.39, 0.29) is 5.78 Å². The molecular weight excluding hydrogens is 204 g/mol. The fraction of sp³-hybridized carbons (Fsp3) is 0.308. The van der Waals surface area contributed by atoms with Crippen molar-refractivity contribution >= 4 is 5.78 Å². The van der Waals surface area contributed by atoms with Crippen molar-refractivity contribution in [1.82, 2.24) is 0 Å². The highest BCUT2D eigenvalue weighted by molar-refractivity contribution is 6.07. The normalized spacial score (nSPS) is 9.50. The zero-order chi connectivity index (χ0) is 12.1. The van der Waals surface area contributed by atoms with E-state index in [0.717, 1.165) is 5.57 Å². The van der Waals surface area contributed by atoms with E-state index in [4.69, 9.17) is 9.47 Å². The number of hydrogen-bond donors (Lipinski definition) is 0. The van der Waals surface area contributed by atoms with Crippen LogP contribution in [0.25, 0.3) is 0 Å². The van der Waals surface area contributed by atoms with Crippen LogP contribution in [-0.4, -0.2) is 20.0 Å². The summed E-state index contributed by atoms with van der Waals surface area (Å²) in [5.74, 6) is 0.971. The van der Waals surface area contributed by atoms with E-state index >= 15 is 0 Å². The molecule has 1 aromatic carbocycles. The Morgan fingerprint density at radius 3 is 2.38 bits per heavy atom. The van der Waals surface area contributed by atoms with Crippen molar-refractivity contribution in [3.63, 3.8) is 0 Å². The van der Waals surface area contributed by atoms with Crippen LogP contribution in [0.15, 0.2) is 29.8 Å². The zero-order valence-corrected chi connectivity index (χ0v) is 10.0. The molecule has 0 aliphatic heterocycles. The summed E-state index contributed by atoms with van der Waals surface area (Å²) < 4.78 is 10.3. The molecule has 0 aliphatic rings. The van der Waals surface area contributed by atoms with Gasteiger partial charge in [0.25, 0.3) is 0 Å². The Morgan fingerprint density at radius 1 is 1.19 bits per heavy atom. The van der Waals surface area contributed by atoms with E-state index in [9.17, 15) is 4.79 Å². The molecule has 3 heteroatoms. The molecule has 0 saturated carbocycles. The number of ketones is 1. The SMILES string of the molecule is COc1cccc(C(=O)C=C(C)C)c1OC. The van der Waals surface area contributed by atoms with Gasteiger partial charge in [-0.25, -0.2) is 0 Å². The maximum absolute atomic E-state index is 11.9. The summed E-state index contributed by atoms with van der Waals surface area (Å²) in [6.07, 6.45) is 1.58. The molecule has 0 amide bonds. The highest BCUT2D eigenvalue weighted by Gasteiger charge is 2.14. The Hall–Kier alpha value is -1.77. The first-order chi connectivity index (χ1) is 7.60. The molecule has 86 valence electrons. The number of allylic oxidation sites excluding steroid dienone is 2. The van der Waals surface area contributed by atoms with Crippen LogP contribution in [0.4, 0.5) is 0 Å². The minimum atomic E-state index is -0.0734. The molecule has 0 saturated heterocycles. The van der Waals surface area contributed by atoms with Crippen molar-refractivity contribution in [1.29, 1.82) is 0 Å². The Balaban J connectivity index is 3.23. The van der Waals surface area contributed by atoms with Crippen LogP contribution in [0, 0.1) is 0 Å². The van der Waals surface area contributed by atoms with Crippen molar-refractivity contribution < 1.29 is 14.3 Å². The van der Waals surface area contributed by atoms with Crippen molar-refractivity contribution in [2.45, 2.75) is 13.8 Å². The number of benzene rings is 1. The summed E-state index contributed by atoms with van der Waals surface area (Å²) in [7, 11) is 3.07. The van der Waals surface area contributed by atoms with Gasteiger partial charge in [-0.1, -0.05) is 11.6 Å². The zero-order valence-electron chi connectivity index (χ0n) is 10.0. The van der Waals surface area contributed by atoms with Crippen molar-refractivity contribution in [2.24, 2.45) is 0 Å². The highest BCUT2D eigenvalue weighted by Crippen LogP contribution is 2.31. The standard InChI is InChI=1S/C13H16O3/c1-9(2)8-11(14)10-6-5-7-12(15-3)13(10)16-4/h5-8H,1-4H3. The lowest BCUT2D eigenvalue weighted by Gasteiger charge is -2.10. The first kappa shape index (κ1) is 12.3. The van der Waals surface area contributed by atoms with Gasteiger partial charge in [-0.3, -0.25) is 4.79 Å². The lowest BCUT2D eigenvalue weighted by molar-refractivity contribution is 0.104. The smallest absolute Gasteiger partial charge is 0.189 e. The molecule has 16 heavy (non-hydrogen) atoms. The van der Waals surface area contributed by atoms with E-state index < -0.39 is 0 Å². The number of para-hydroxylation sites is 1. The summed E-state index contributed by atoms with van der Waals surface area (Å²) in [6.45, 7) is 3.76. The molecule has 0 unspecified atom stereocenters. The minimum Gasteiger partial charge on any atom is -0.493 e. The Morgan fingerprint density at radius 2 is 1.88 bits per heavy atom. The quantitative estimate of drug-likeness (QED) is 0.578. The van der Waals surface area contributed by atoms with Gasteiger partial charge in [0.15, 0.2) is 17.3 Å². The molecule has 0 atom stereocenters. The predicted molar refractivity (Wildman–Crippen MR) is 63.3 cm³/mol. The van der Waals surface area contributed by atoms with Gasteiger partial charge in [0, 0.05) is 0 Å². The summed E-state index contributed by atoms with van der Waals surface area (Å²) in [5, 5.41) is 0. The summed E-state index contributed by atoms with van der Waals surface area (Å²) >= 11 is 0. The first-order valence-corrected chi connectivity index (χ1v) is 5.00. The Kier molecular flexibility index (Phi) is 4.11. The van der Waals surface area contributed by atoms with E-state index in [1.165, 1.54) is 7.11 Å². The number of ether oxygens (including phenoxy) is 2. The van der Waals surface area contributed by atoms with E-state index in [1.807, 2.05) is 13.8 Å². The van der Waals surface area contributed by atoms with Gasteiger partial charge in [0.05, 0.1) is 19.8 Å². The molecule has 0 spiro atoms. The average Bonchev–Trinajstić information content (AvgIpc) is 2.26. The Labute approximate surface area is 95.7 Å². The summed E-state index contributed by atoms with van der Waals surface area (Å²) in [4.78, 5) is 11.9. The van der Waals surface area contributed by atoms with Crippen LogP contribution >= 0.6 is 0 Å². The monoisotopic (exact) mass is 220 g/mol. The van der Waals surface area contributed by atoms with Crippen LogP contribution < -0.4 is 9.47 Å². The van der Waals surface area contributed by atoms with Gasteiger partial charge in [-0.2, -0.15) is 0 Å². The predicted octanol–water partition coefficient (Wildman–Crippen LogP) is 2.85. The van der Waals surface area contributed by atoms with Gasteiger partial charge in [-0.15, -0.1) is 0 Å². The van der Waals surface area contributed by atoms with Crippen molar-refractivity contribution in [2.75, 3.05) is 14.2 Å². The number of methoxy groups -OCH3 is 2. The number of rotatable bonds is 4. The van der Waals surface area contributed by atoms with Crippen LogP contribution in [0.5, 0.6) is 11.5 Å². The third kappa shape index (κ3) is 2.63. The Bertz CT molecular complexity index is 415.